The summed E-state index contributed by atoms with van der Waals surface area (Å²) in [7, 11) is 1.70. The second-order valence-electron chi connectivity index (χ2n) is 6.57. The molecule has 2 fully saturated rings. The van der Waals surface area contributed by atoms with Crippen LogP contribution in [0.3, 0.4) is 0 Å². The van der Waals surface area contributed by atoms with Crippen LogP contribution in [0.15, 0.2) is 4.99 Å². The summed E-state index contributed by atoms with van der Waals surface area (Å²) in [6.45, 7) is 7.03. The van der Waals surface area contributed by atoms with E-state index in [1.54, 1.807) is 7.11 Å². The van der Waals surface area contributed by atoms with Gasteiger partial charge in [-0.15, -0.1) is 0 Å². The summed E-state index contributed by atoms with van der Waals surface area (Å²) in [6.07, 6.45) is 8.01. The Morgan fingerprint density at radius 3 is 2.59 bits per heavy atom. The lowest BCUT2D eigenvalue weighted by molar-refractivity contribution is 0.0698. The number of ether oxygens (including phenoxy) is 2. The summed E-state index contributed by atoms with van der Waals surface area (Å²) in [4.78, 5) is 4.85. The summed E-state index contributed by atoms with van der Waals surface area (Å²) in [5.41, 5.74) is 0.547. The molecule has 0 atom stereocenters. The van der Waals surface area contributed by atoms with Gasteiger partial charge in [0.05, 0.1) is 13.2 Å². The van der Waals surface area contributed by atoms with E-state index in [-0.39, 0.29) is 0 Å². The number of hydrogen-bond acceptors (Lipinski definition) is 3. The molecule has 2 aliphatic carbocycles. The standard InChI is InChI=1S/C17H33N3O2/c1-3-18-16(19-10-5-11-22-13-12-21-2)20-14-17(8-4-9-17)15-6-7-15/h15H,3-14H2,1-2H3,(H2,18,19,20). The van der Waals surface area contributed by atoms with Crippen LogP contribution >= 0.6 is 0 Å². The Kier molecular flexibility index (Phi) is 7.46. The van der Waals surface area contributed by atoms with Gasteiger partial charge in [-0.05, 0) is 50.4 Å². The smallest absolute Gasteiger partial charge is 0.191 e. The number of nitrogens with zero attached hydrogens (tertiary/aromatic N) is 1. The first-order valence-electron chi connectivity index (χ1n) is 8.89. The largest absolute Gasteiger partial charge is 0.382 e. The summed E-state index contributed by atoms with van der Waals surface area (Å²) >= 11 is 0. The van der Waals surface area contributed by atoms with Gasteiger partial charge in [0.15, 0.2) is 5.96 Å². The van der Waals surface area contributed by atoms with Crippen molar-refractivity contribution >= 4 is 5.96 Å². The van der Waals surface area contributed by atoms with E-state index in [0.717, 1.165) is 44.5 Å². The fourth-order valence-corrected chi connectivity index (χ4v) is 3.23. The van der Waals surface area contributed by atoms with Crippen LogP contribution in [0, 0.1) is 11.3 Å². The van der Waals surface area contributed by atoms with Crippen molar-refractivity contribution in [2.24, 2.45) is 16.3 Å². The zero-order valence-electron chi connectivity index (χ0n) is 14.3. The second kappa shape index (κ2) is 9.36. The quantitative estimate of drug-likeness (QED) is 0.349. The first-order chi connectivity index (χ1) is 10.8. The third-order valence-electron chi connectivity index (χ3n) is 4.88. The molecule has 0 aromatic heterocycles. The number of hydrogen-bond donors (Lipinski definition) is 2. The van der Waals surface area contributed by atoms with Crippen molar-refractivity contribution in [3.05, 3.63) is 0 Å². The van der Waals surface area contributed by atoms with Crippen molar-refractivity contribution in [1.29, 1.82) is 0 Å². The maximum atomic E-state index is 5.47. The molecule has 2 aliphatic rings. The monoisotopic (exact) mass is 311 g/mol. The maximum absolute atomic E-state index is 5.47. The molecule has 2 saturated carbocycles. The second-order valence-corrected chi connectivity index (χ2v) is 6.57. The van der Waals surface area contributed by atoms with Gasteiger partial charge in [-0.2, -0.15) is 0 Å². The molecule has 0 unspecified atom stereocenters. The minimum Gasteiger partial charge on any atom is -0.382 e. The van der Waals surface area contributed by atoms with E-state index in [2.05, 4.69) is 17.6 Å². The SMILES string of the molecule is CCNC(=NCC1(C2CC2)CCC1)NCCCOCCOC. The van der Waals surface area contributed by atoms with Gasteiger partial charge >= 0.3 is 0 Å². The molecular formula is C17H33N3O2. The minimum atomic E-state index is 0.547. The Labute approximate surface area is 135 Å². The molecule has 0 heterocycles. The van der Waals surface area contributed by atoms with Gasteiger partial charge in [-0.1, -0.05) is 6.42 Å². The molecule has 128 valence electrons. The molecule has 2 N–H and O–H groups in total. The zero-order valence-corrected chi connectivity index (χ0v) is 14.3. The van der Waals surface area contributed by atoms with Gasteiger partial charge in [-0.25, -0.2) is 0 Å². The number of methoxy groups -OCH3 is 1. The molecule has 22 heavy (non-hydrogen) atoms. The maximum Gasteiger partial charge on any atom is 0.191 e. The lowest BCUT2D eigenvalue weighted by Gasteiger charge is -2.41. The topological polar surface area (TPSA) is 54.9 Å². The van der Waals surface area contributed by atoms with Crippen molar-refractivity contribution in [1.82, 2.24) is 10.6 Å². The number of aliphatic imine (C=N–C) groups is 1. The van der Waals surface area contributed by atoms with E-state index >= 15 is 0 Å². The van der Waals surface area contributed by atoms with E-state index in [9.17, 15) is 0 Å². The van der Waals surface area contributed by atoms with Gasteiger partial charge in [0, 0.05) is 33.4 Å². The lowest BCUT2D eigenvalue weighted by atomic mass is 9.65. The van der Waals surface area contributed by atoms with Gasteiger partial charge in [0.2, 0.25) is 0 Å². The van der Waals surface area contributed by atoms with E-state index in [0.29, 0.717) is 18.6 Å². The van der Waals surface area contributed by atoms with Crippen LogP contribution in [0.25, 0.3) is 0 Å². The van der Waals surface area contributed by atoms with Crippen molar-refractivity contribution in [2.75, 3.05) is 46.6 Å². The number of nitrogens with one attached hydrogen (secondary N) is 2. The van der Waals surface area contributed by atoms with Crippen molar-refractivity contribution < 1.29 is 9.47 Å². The molecule has 0 aromatic rings. The molecule has 0 aromatic carbocycles. The minimum absolute atomic E-state index is 0.547. The van der Waals surface area contributed by atoms with Crippen molar-refractivity contribution in [3.8, 4) is 0 Å². The molecule has 0 aliphatic heterocycles. The highest BCUT2D eigenvalue weighted by atomic mass is 16.5. The molecule has 0 amide bonds. The van der Waals surface area contributed by atoms with Crippen molar-refractivity contribution in [2.45, 2.75) is 45.4 Å². The molecule has 0 spiro atoms. The fraction of sp³-hybridized carbons (Fsp3) is 0.941. The van der Waals surface area contributed by atoms with Gasteiger partial charge < -0.3 is 20.1 Å². The van der Waals surface area contributed by atoms with E-state index in [1.165, 1.54) is 32.1 Å². The Morgan fingerprint density at radius 2 is 2.00 bits per heavy atom. The normalized spacial score (nSPS) is 20.5. The Balaban J connectivity index is 1.64. The molecule has 0 radical (unpaired) electrons. The predicted octanol–water partition coefficient (Wildman–Crippen LogP) is 2.17. The van der Waals surface area contributed by atoms with Gasteiger partial charge in [0.25, 0.3) is 0 Å². The first kappa shape index (κ1) is 17.5. The van der Waals surface area contributed by atoms with Crippen LogP contribution in [0.1, 0.15) is 45.4 Å². The third kappa shape index (κ3) is 5.43. The Hall–Kier alpha value is -0.810. The van der Waals surface area contributed by atoms with Crippen LogP contribution in [0.5, 0.6) is 0 Å². The third-order valence-corrected chi connectivity index (χ3v) is 4.88. The van der Waals surface area contributed by atoms with Crippen LogP contribution < -0.4 is 10.6 Å². The Bertz CT molecular complexity index is 339. The van der Waals surface area contributed by atoms with Crippen LogP contribution in [0.4, 0.5) is 0 Å². The summed E-state index contributed by atoms with van der Waals surface area (Å²) in [6, 6.07) is 0. The highest BCUT2D eigenvalue weighted by molar-refractivity contribution is 5.79. The molecule has 5 heteroatoms. The van der Waals surface area contributed by atoms with Crippen molar-refractivity contribution in [3.63, 3.8) is 0 Å². The van der Waals surface area contributed by atoms with E-state index in [1.807, 2.05) is 0 Å². The highest BCUT2D eigenvalue weighted by Gasteiger charge is 2.48. The highest BCUT2D eigenvalue weighted by Crippen LogP contribution is 2.57. The Morgan fingerprint density at radius 1 is 1.18 bits per heavy atom. The summed E-state index contributed by atoms with van der Waals surface area (Å²) in [5.74, 6) is 1.92. The van der Waals surface area contributed by atoms with E-state index < -0.39 is 0 Å². The fourth-order valence-electron chi connectivity index (χ4n) is 3.23. The van der Waals surface area contributed by atoms with Gasteiger partial charge in [-0.3, -0.25) is 4.99 Å². The lowest BCUT2D eigenvalue weighted by Crippen LogP contribution is -2.41. The molecule has 2 rings (SSSR count). The average molecular weight is 311 g/mol. The summed E-state index contributed by atoms with van der Waals surface area (Å²) < 4.78 is 10.4. The average Bonchev–Trinajstić information content (AvgIpc) is 3.30. The molecule has 0 bridgehead atoms. The number of guanidine groups is 1. The van der Waals surface area contributed by atoms with Gasteiger partial charge in [0.1, 0.15) is 0 Å². The summed E-state index contributed by atoms with van der Waals surface area (Å²) in [5, 5.41) is 6.77. The van der Waals surface area contributed by atoms with Crippen LogP contribution in [0.2, 0.25) is 0 Å². The first-order valence-corrected chi connectivity index (χ1v) is 8.89. The number of rotatable bonds is 11. The van der Waals surface area contributed by atoms with Crippen LogP contribution in [-0.4, -0.2) is 52.5 Å². The zero-order chi connectivity index (χ0) is 15.7. The van der Waals surface area contributed by atoms with E-state index in [4.69, 9.17) is 14.5 Å². The predicted molar refractivity (Wildman–Crippen MR) is 90.3 cm³/mol. The molecule has 5 nitrogen and oxygen atoms in total. The molecule has 0 saturated heterocycles. The molecular weight excluding hydrogens is 278 g/mol. The van der Waals surface area contributed by atoms with Crippen LogP contribution in [-0.2, 0) is 9.47 Å².